The van der Waals surface area contributed by atoms with E-state index < -0.39 is 8.80 Å². The van der Waals surface area contributed by atoms with Gasteiger partial charge in [0.25, 0.3) is 0 Å². The van der Waals surface area contributed by atoms with Gasteiger partial charge >= 0.3 is 0 Å². The van der Waals surface area contributed by atoms with Gasteiger partial charge in [-0.15, -0.1) is 12.3 Å². The Morgan fingerprint density at radius 3 is 2.50 bits per heavy atom. The second-order valence-corrected chi connectivity index (χ2v) is 6.07. The van der Waals surface area contributed by atoms with Crippen molar-refractivity contribution in [1.82, 2.24) is 0 Å². The maximum Gasteiger partial charge on any atom is 0.0576 e. The fraction of sp³-hybridized carbons (Fsp3) is 0.778. The molecule has 0 bridgehead atoms. The second kappa shape index (κ2) is 7.07. The topological polar surface area (TPSA) is 0 Å². The van der Waals surface area contributed by atoms with Crippen LogP contribution >= 0.6 is 0 Å². The Kier molecular flexibility index (Phi) is 7.04. The van der Waals surface area contributed by atoms with Crippen molar-refractivity contribution in [3.63, 3.8) is 0 Å². The largest absolute Gasteiger partial charge is 0.107 e. The van der Waals surface area contributed by atoms with Gasteiger partial charge in [-0.3, -0.25) is 0 Å². The van der Waals surface area contributed by atoms with Crippen molar-refractivity contribution >= 4 is 8.80 Å². The average molecular weight is 156 g/mol. The van der Waals surface area contributed by atoms with Crippen molar-refractivity contribution in [2.75, 3.05) is 0 Å². The zero-order valence-electron chi connectivity index (χ0n) is 7.40. The highest BCUT2D eigenvalue weighted by atomic mass is 28.3. The highest BCUT2D eigenvalue weighted by Gasteiger charge is 1.96. The molecule has 0 aromatic carbocycles. The molecule has 1 atom stereocenters. The van der Waals surface area contributed by atoms with Gasteiger partial charge < -0.3 is 0 Å². The van der Waals surface area contributed by atoms with E-state index in [2.05, 4.69) is 25.7 Å². The molecule has 0 aliphatic carbocycles. The Morgan fingerprint density at radius 1 is 1.30 bits per heavy atom. The van der Waals surface area contributed by atoms with Crippen LogP contribution in [0.4, 0.5) is 0 Å². The summed E-state index contributed by atoms with van der Waals surface area (Å²) in [5, 5.41) is 0. The third-order valence-corrected chi connectivity index (χ3v) is 4.04. The zero-order chi connectivity index (χ0) is 7.82. The van der Waals surface area contributed by atoms with Gasteiger partial charge in [0.1, 0.15) is 0 Å². The molecule has 0 saturated carbocycles. The van der Waals surface area contributed by atoms with E-state index in [1.54, 1.807) is 0 Å². The number of unbranched alkanes of at least 4 members (excludes halogenated alkanes) is 3. The molecule has 0 aliphatic rings. The van der Waals surface area contributed by atoms with Gasteiger partial charge in [-0.05, 0) is 0 Å². The van der Waals surface area contributed by atoms with Crippen LogP contribution in [0.5, 0.6) is 0 Å². The van der Waals surface area contributed by atoms with E-state index in [1.165, 1.54) is 31.7 Å². The van der Waals surface area contributed by atoms with E-state index >= 15 is 0 Å². The second-order valence-electron chi connectivity index (χ2n) is 3.06. The van der Waals surface area contributed by atoms with E-state index in [9.17, 15) is 0 Å². The molecule has 0 nitrogen and oxygen atoms in total. The van der Waals surface area contributed by atoms with E-state index in [1.807, 2.05) is 0 Å². The molecule has 1 unspecified atom stereocenters. The van der Waals surface area contributed by atoms with Crippen LogP contribution in [0.3, 0.4) is 0 Å². The molecular formula is C9H20Si. The summed E-state index contributed by atoms with van der Waals surface area (Å²) >= 11 is 0. The van der Waals surface area contributed by atoms with E-state index in [4.69, 9.17) is 0 Å². The van der Waals surface area contributed by atoms with Gasteiger partial charge in [0, 0.05) is 0 Å². The summed E-state index contributed by atoms with van der Waals surface area (Å²) in [6, 6.07) is 1.46. The van der Waals surface area contributed by atoms with Gasteiger partial charge in [-0.25, -0.2) is 0 Å². The fourth-order valence-corrected chi connectivity index (χ4v) is 2.18. The molecule has 0 aliphatic heterocycles. The third kappa shape index (κ3) is 6.08. The van der Waals surface area contributed by atoms with Gasteiger partial charge in [0.15, 0.2) is 0 Å². The predicted molar refractivity (Wildman–Crippen MR) is 52.2 cm³/mol. The number of rotatable bonds is 6. The Balaban J connectivity index is 2.95. The first-order chi connectivity index (χ1) is 4.81. The quantitative estimate of drug-likeness (QED) is 0.409. The molecule has 0 aromatic heterocycles. The molecule has 0 saturated heterocycles. The van der Waals surface area contributed by atoms with E-state index in [0.717, 1.165) is 0 Å². The minimum Gasteiger partial charge on any atom is -0.107 e. The summed E-state index contributed by atoms with van der Waals surface area (Å²) < 4.78 is 0. The fourth-order valence-electron chi connectivity index (χ4n) is 1.01. The van der Waals surface area contributed by atoms with Gasteiger partial charge in [0.05, 0.1) is 8.80 Å². The lowest BCUT2D eigenvalue weighted by molar-refractivity contribution is 0.699. The van der Waals surface area contributed by atoms with Crippen molar-refractivity contribution in [1.29, 1.82) is 0 Å². The zero-order valence-corrected chi connectivity index (χ0v) is 8.55. The lowest BCUT2D eigenvalue weighted by atomic mass is 10.2. The van der Waals surface area contributed by atoms with E-state index in [0.29, 0.717) is 0 Å². The summed E-state index contributed by atoms with van der Waals surface area (Å²) in [4.78, 5) is 0. The Labute approximate surface area is 66.9 Å². The lowest BCUT2D eigenvalue weighted by Gasteiger charge is -2.01. The first kappa shape index (κ1) is 9.96. The predicted octanol–water partition coefficient (Wildman–Crippen LogP) is 3.15. The molecule has 0 amide bonds. The van der Waals surface area contributed by atoms with Crippen LogP contribution < -0.4 is 0 Å². The molecule has 0 aromatic rings. The maximum absolute atomic E-state index is 3.82. The highest BCUT2D eigenvalue weighted by molar-refractivity contribution is 6.62. The maximum atomic E-state index is 3.82. The monoisotopic (exact) mass is 156 g/mol. The minimum absolute atomic E-state index is 0.460. The van der Waals surface area contributed by atoms with Gasteiger partial charge in [0.2, 0.25) is 0 Å². The summed E-state index contributed by atoms with van der Waals surface area (Å²) in [5.41, 5.74) is 2.19. The van der Waals surface area contributed by atoms with Crippen LogP contribution in [0.15, 0.2) is 12.3 Å². The average Bonchev–Trinajstić information content (AvgIpc) is 1.98. The van der Waals surface area contributed by atoms with Crippen LogP contribution in [0.1, 0.15) is 32.6 Å². The Hall–Kier alpha value is -0.0431. The molecule has 10 heavy (non-hydrogen) atoms. The summed E-state index contributed by atoms with van der Waals surface area (Å²) in [7, 11) is -0.460. The van der Waals surface area contributed by atoms with Gasteiger partial charge in [-0.2, -0.15) is 0 Å². The van der Waals surface area contributed by atoms with Crippen molar-refractivity contribution < 1.29 is 0 Å². The van der Waals surface area contributed by atoms with Gasteiger partial charge in [-0.1, -0.05) is 45.2 Å². The molecule has 0 radical (unpaired) electrons. The minimum atomic E-state index is -0.460. The van der Waals surface area contributed by atoms with E-state index in [-0.39, 0.29) is 0 Å². The van der Waals surface area contributed by atoms with Crippen molar-refractivity contribution in [3.05, 3.63) is 12.3 Å². The molecular weight excluding hydrogens is 136 g/mol. The number of hydrogen-bond donors (Lipinski definition) is 0. The third-order valence-electron chi connectivity index (χ3n) is 1.92. The first-order valence-electron chi connectivity index (χ1n) is 4.43. The molecule has 0 fully saturated rings. The summed E-state index contributed by atoms with van der Waals surface area (Å²) in [6.45, 7) is 8.45. The highest BCUT2D eigenvalue weighted by Crippen LogP contribution is 2.05. The van der Waals surface area contributed by atoms with Crippen LogP contribution in [0.2, 0.25) is 12.6 Å². The van der Waals surface area contributed by atoms with Crippen molar-refractivity contribution in [3.8, 4) is 0 Å². The smallest absolute Gasteiger partial charge is 0.0576 e. The number of hydrogen-bond acceptors (Lipinski definition) is 0. The standard InChI is InChI=1S/C9H20Si/c1-4-6-7-8-9-10(3)5-2/h5,10H,2,4,6-9H2,1,3H3. The summed E-state index contributed by atoms with van der Waals surface area (Å²) in [5.74, 6) is 0. The van der Waals surface area contributed by atoms with Crippen molar-refractivity contribution in [2.24, 2.45) is 0 Å². The normalized spacial score (nSPS) is 13.0. The van der Waals surface area contributed by atoms with Crippen LogP contribution in [-0.2, 0) is 0 Å². The van der Waals surface area contributed by atoms with Crippen LogP contribution in [0.25, 0.3) is 0 Å². The Bertz CT molecular complexity index is 78.8. The van der Waals surface area contributed by atoms with Crippen molar-refractivity contribution in [2.45, 2.75) is 45.2 Å². The SMILES string of the molecule is C=C[SiH](C)CCCCCC. The van der Waals surface area contributed by atoms with Crippen LogP contribution in [-0.4, -0.2) is 8.80 Å². The molecule has 0 heterocycles. The molecule has 0 spiro atoms. The summed E-state index contributed by atoms with van der Waals surface area (Å²) in [6.07, 6.45) is 5.64. The molecule has 0 rings (SSSR count). The lowest BCUT2D eigenvalue weighted by Crippen LogP contribution is -2.00. The molecule has 1 heteroatoms. The molecule has 0 N–H and O–H groups in total. The molecule has 60 valence electrons. The van der Waals surface area contributed by atoms with Crippen LogP contribution in [0, 0.1) is 0 Å². The first-order valence-corrected chi connectivity index (χ1v) is 7.07. The Morgan fingerprint density at radius 2 is 2.00 bits per heavy atom.